The molecule has 0 radical (unpaired) electrons. The van der Waals surface area contributed by atoms with Crippen LogP contribution in [0.3, 0.4) is 0 Å². The second kappa shape index (κ2) is 30.2. The molecule has 0 spiro atoms. The summed E-state index contributed by atoms with van der Waals surface area (Å²) in [6.07, 6.45) is 50.1. The van der Waals surface area contributed by atoms with Crippen molar-refractivity contribution >= 4 is 11.6 Å². The highest BCUT2D eigenvalue weighted by Gasteiger charge is 2.40. The zero-order chi connectivity index (χ0) is 30.2. The van der Waals surface area contributed by atoms with Crippen LogP contribution in [-0.2, 0) is 9.47 Å². The van der Waals surface area contributed by atoms with Crippen molar-refractivity contribution in [2.75, 3.05) is 12.5 Å². The highest BCUT2D eigenvalue weighted by Crippen LogP contribution is 2.35. The van der Waals surface area contributed by atoms with Gasteiger partial charge in [0.1, 0.15) is 0 Å². The van der Waals surface area contributed by atoms with E-state index in [1.807, 2.05) is 0 Å². The molecule has 0 aliphatic carbocycles. The van der Waals surface area contributed by atoms with Crippen molar-refractivity contribution in [3.63, 3.8) is 0 Å². The second-order valence-electron chi connectivity index (χ2n) is 12.4. The number of alkyl halides is 1. The summed E-state index contributed by atoms with van der Waals surface area (Å²) in [5.41, 5.74) is 0. The van der Waals surface area contributed by atoms with Crippen molar-refractivity contribution in [1.29, 1.82) is 0 Å². The molecule has 0 aromatic rings. The standard InChI is InChI=1S/C39H69ClO2/c1-3-5-7-9-11-13-15-17-19-21-23-25-27-29-31-33-35-39(41-37-38(36-40)42-39)34-32-30-28-26-24-22-20-18-16-14-12-10-8-6-4-2/h11-14,17-20,38H,3-10,15-16,21-37H2,1-2H3/b13-11-,14-12-,19-17-,20-18-. The molecule has 2 unspecified atom stereocenters. The molecule has 0 amide bonds. The van der Waals surface area contributed by atoms with Gasteiger partial charge in [0.2, 0.25) is 0 Å². The Hall–Kier alpha value is -0.830. The molecule has 3 heteroatoms. The average Bonchev–Trinajstić information content (AvgIpc) is 3.42. The van der Waals surface area contributed by atoms with E-state index in [0.29, 0.717) is 12.5 Å². The van der Waals surface area contributed by atoms with Crippen molar-refractivity contribution in [2.24, 2.45) is 0 Å². The molecular formula is C39H69ClO2. The smallest absolute Gasteiger partial charge is 0.168 e. The number of ether oxygens (including phenoxy) is 2. The maximum absolute atomic E-state index is 6.36. The Labute approximate surface area is 267 Å². The van der Waals surface area contributed by atoms with E-state index < -0.39 is 0 Å². The normalized spacial score (nSPS) is 19.5. The lowest BCUT2D eigenvalue weighted by atomic mass is 9.99. The first-order valence-electron chi connectivity index (χ1n) is 18.2. The van der Waals surface area contributed by atoms with E-state index >= 15 is 0 Å². The van der Waals surface area contributed by atoms with Gasteiger partial charge in [-0.2, -0.15) is 0 Å². The average molecular weight is 605 g/mol. The van der Waals surface area contributed by atoms with Gasteiger partial charge in [-0.25, -0.2) is 0 Å². The van der Waals surface area contributed by atoms with Gasteiger partial charge < -0.3 is 9.47 Å². The number of hydrogen-bond acceptors (Lipinski definition) is 2. The predicted molar refractivity (Wildman–Crippen MR) is 188 cm³/mol. The van der Waals surface area contributed by atoms with E-state index in [1.165, 1.54) is 135 Å². The van der Waals surface area contributed by atoms with Gasteiger partial charge in [-0.1, -0.05) is 133 Å². The van der Waals surface area contributed by atoms with Gasteiger partial charge >= 0.3 is 0 Å². The monoisotopic (exact) mass is 604 g/mol. The Morgan fingerprint density at radius 3 is 1.29 bits per heavy atom. The molecule has 2 atom stereocenters. The molecule has 2 nitrogen and oxygen atoms in total. The predicted octanol–water partition coefficient (Wildman–Crippen LogP) is 13.4. The topological polar surface area (TPSA) is 18.5 Å². The van der Waals surface area contributed by atoms with Gasteiger partial charge in [-0.05, 0) is 77.0 Å². The summed E-state index contributed by atoms with van der Waals surface area (Å²) in [5, 5.41) is 0. The van der Waals surface area contributed by atoms with Crippen LogP contribution in [0.4, 0.5) is 0 Å². The SMILES string of the molecule is CCCCC/C=C\C/C=C\CCCCCCCCC1(CCCCCCC/C=C\C/C=C\CCCCC)OCC(CCl)O1. The van der Waals surface area contributed by atoms with Crippen LogP contribution in [0.1, 0.15) is 174 Å². The summed E-state index contributed by atoms with van der Waals surface area (Å²) in [6.45, 7) is 5.19. The fourth-order valence-electron chi connectivity index (χ4n) is 5.67. The van der Waals surface area contributed by atoms with Crippen molar-refractivity contribution in [2.45, 2.75) is 186 Å². The Bertz CT molecular complexity index is 682. The molecule has 0 N–H and O–H groups in total. The molecular weight excluding hydrogens is 536 g/mol. The third-order valence-electron chi connectivity index (χ3n) is 8.35. The minimum Gasteiger partial charge on any atom is -0.347 e. The molecule has 0 bridgehead atoms. The fraction of sp³-hybridized carbons (Fsp3) is 0.795. The highest BCUT2D eigenvalue weighted by atomic mass is 35.5. The largest absolute Gasteiger partial charge is 0.347 e. The number of allylic oxidation sites excluding steroid dienone is 8. The summed E-state index contributed by atoms with van der Waals surface area (Å²) in [4.78, 5) is 0. The third-order valence-corrected chi connectivity index (χ3v) is 8.70. The first kappa shape index (κ1) is 39.2. The van der Waals surface area contributed by atoms with Crippen LogP contribution in [-0.4, -0.2) is 24.4 Å². The van der Waals surface area contributed by atoms with Crippen molar-refractivity contribution in [1.82, 2.24) is 0 Å². The van der Waals surface area contributed by atoms with E-state index in [9.17, 15) is 0 Å². The van der Waals surface area contributed by atoms with Gasteiger partial charge in [0.05, 0.1) is 18.6 Å². The molecule has 1 aliphatic heterocycles. The van der Waals surface area contributed by atoms with Crippen molar-refractivity contribution < 1.29 is 9.47 Å². The summed E-state index contributed by atoms with van der Waals surface area (Å²) >= 11 is 6.11. The second-order valence-corrected chi connectivity index (χ2v) is 12.7. The molecule has 0 saturated carbocycles. The third kappa shape index (κ3) is 23.6. The maximum Gasteiger partial charge on any atom is 0.168 e. The first-order valence-corrected chi connectivity index (χ1v) is 18.8. The number of halogens is 1. The van der Waals surface area contributed by atoms with Crippen molar-refractivity contribution in [3.05, 3.63) is 48.6 Å². The van der Waals surface area contributed by atoms with Gasteiger partial charge in [0.15, 0.2) is 5.79 Å². The molecule has 42 heavy (non-hydrogen) atoms. The molecule has 1 heterocycles. The van der Waals surface area contributed by atoms with Crippen molar-refractivity contribution in [3.8, 4) is 0 Å². The molecule has 1 aliphatic rings. The van der Waals surface area contributed by atoms with Crippen LogP contribution in [0.2, 0.25) is 0 Å². The summed E-state index contributed by atoms with van der Waals surface area (Å²) in [6, 6.07) is 0. The molecule has 1 rings (SSSR count). The highest BCUT2D eigenvalue weighted by molar-refractivity contribution is 6.18. The van der Waals surface area contributed by atoms with E-state index in [2.05, 4.69) is 62.5 Å². The van der Waals surface area contributed by atoms with Crippen LogP contribution in [0.5, 0.6) is 0 Å². The Morgan fingerprint density at radius 1 is 0.524 bits per heavy atom. The first-order chi connectivity index (χ1) is 20.8. The fourth-order valence-corrected chi connectivity index (χ4v) is 5.82. The Kier molecular flexibility index (Phi) is 28.2. The lowest BCUT2D eigenvalue weighted by Crippen LogP contribution is -2.31. The van der Waals surface area contributed by atoms with Crippen LogP contribution in [0.15, 0.2) is 48.6 Å². The van der Waals surface area contributed by atoms with E-state index in [-0.39, 0.29) is 11.9 Å². The minimum atomic E-state index is -0.373. The number of hydrogen-bond donors (Lipinski definition) is 0. The molecule has 1 saturated heterocycles. The maximum atomic E-state index is 6.36. The summed E-state index contributed by atoms with van der Waals surface area (Å²) < 4.78 is 12.6. The van der Waals surface area contributed by atoms with Gasteiger partial charge in [-0.3, -0.25) is 0 Å². The van der Waals surface area contributed by atoms with E-state index in [0.717, 1.165) is 25.7 Å². The molecule has 0 aromatic carbocycles. The van der Waals surface area contributed by atoms with Crippen LogP contribution in [0, 0.1) is 0 Å². The number of rotatable bonds is 30. The molecule has 1 fully saturated rings. The molecule has 0 aromatic heterocycles. The molecule has 244 valence electrons. The quantitative estimate of drug-likeness (QED) is 0.0461. The van der Waals surface area contributed by atoms with Gasteiger partial charge in [0, 0.05) is 12.8 Å². The van der Waals surface area contributed by atoms with E-state index in [1.54, 1.807) is 0 Å². The minimum absolute atomic E-state index is 0.0641. The zero-order valence-electron chi connectivity index (χ0n) is 28.0. The van der Waals surface area contributed by atoms with Crippen LogP contribution in [0.25, 0.3) is 0 Å². The van der Waals surface area contributed by atoms with Crippen LogP contribution < -0.4 is 0 Å². The Morgan fingerprint density at radius 2 is 0.905 bits per heavy atom. The lowest BCUT2D eigenvalue weighted by Gasteiger charge is -2.28. The van der Waals surface area contributed by atoms with Gasteiger partial charge in [0.25, 0.3) is 0 Å². The van der Waals surface area contributed by atoms with Gasteiger partial charge in [-0.15, -0.1) is 11.6 Å². The number of unbranched alkanes of at least 4 members (excludes halogenated alkanes) is 17. The summed E-state index contributed by atoms with van der Waals surface area (Å²) in [5.74, 6) is 0.162. The van der Waals surface area contributed by atoms with E-state index in [4.69, 9.17) is 21.1 Å². The zero-order valence-corrected chi connectivity index (χ0v) is 28.7. The summed E-state index contributed by atoms with van der Waals surface area (Å²) in [7, 11) is 0. The lowest BCUT2D eigenvalue weighted by molar-refractivity contribution is -0.177. The van der Waals surface area contributed by atoms with Crippen LogP contribution >= 0.6 is 11.6 Å². The Balaban J connectivity index is 2.05.